The fourth-order valence-corrected chi connectivity index (χ4v) is 2.08. The molecule has 0 aliphatic heterocycles. The van der Waals surface area contributed by atoms with Crippen molar-refractivity contribution in [3.63, 3.8) is 0 Å². The summed E-state index contributed by atoms with van der Waals surface area (Å²) < 4.78 is 11.4. The summed E-state index contributed by atoms with van der Waals surface area (Å²) in [6, 6.07) is 19.7. The Balaban J connectivity index is 1.48. The Bertz CT molecular complexity index is 713. The van der Waals surface area contributed by atoms with Crippen LogP contribution in [0.15, 0.2) is 65.1 Å². The maximum absolute atomic E-state index is 5.70. The Kier molecular flexibility index (Phi) is 5.01. The summed E-state index contributed by atoms with van der Waals surface area (Å²) >= 11 is 0. The molecular weight excluding hydrogens is 290 g/mol. The molecule has 1 heterocycles. The van der Waals surface area contributed by atoms with E-state index in [2.05, 4.69) is 22.4 Å². The summed E-state index contributed by atoms with van der Waals surface area (Å²) in [4.78, 5) is 0. The maximum Gasteiger partial charge on any atom is 0.247 e. The number of rotatable bonds is 7. The first-order chi connectivity index (χ1) is 11.3. The van der Waals surface area contributed by atoms with Crippen LogP contribution in [-0.2, 0) is 6.54 Å². The Labute approximate surface area is 135 Å². The third kappa shape index (κ3) is 4.40. The highest BCUT2D eigenvalue weighted by Gasteiger charge is 2.09. The molecule has 2 aromatic carbocycles. The van der Waals surface area contributed by atoms with Gasteiger partial charge in [-0.2, -0.15) is 0 Å². The van der Waals surface area contributed by atoms with Gasteiger partial charge in [0, 0.05) is 11.6 Å². The van der Waals surface area contributed by atoms with Crippen LogP contribution < -0.4 is 10.1 Å². The predicted molar refractivity (Wildman–Crippen MR) is 88.0 cm³/mol. The van der Waals surface area contributed by atoms with E-state index in [0.29, 0.717) is 24.9 Å². The standard InChI is InChI=1S/C18H19N3O2/c1-14(13-22-16-10-6-3-7-11-16)19-12-17-20-21-18(23-17)15-8-4-2-5-9-15/h2-11,14,19H,12-13H2,1H3/t14-/m1/s1. The zero-order valence-corrected chi connectivity index (χ0v) is 13.0. The lowest BCUT2D eigenvalue weighted by Gasteiger charge is -2.13. The van der Waals surface area contributed by atoms with Crippen LogP contribution in [0.3, 0.4) is 0 Å². The molecule has 5 heteroatoms. The third-order valence-electron chi connectivity index (χ3n) is 3.33. The van der Waals surface area contributed by atoms with Crippen LogP contribution in [0.4, 0.5) is 0 Å². The molecule has 3 aromatic rings. The van der Waals surface area contributed by atoms with Crippen molar-refractivity contribution in [1.29, 1.82) is 0 Å². The summed E-state index contributed by atoms with van der Waals surface area (Å²) in [6.07, 6.45) is 0. The van der Waals surface area contributed by atoms with Gasteiger partial charge in [-0.05, 0) is 31.2 Å². The van der Waals surface area contributed by atoms with Crippen molar-refractivity contribution in [2.24, 2.45) is 0 Å². The molecule has 5 nitrogen and oxygen atoms in total. The zero-order valence-electron chi connectivity index (χ0n) is 13.0. The Morgan fingerprint density at radius 2 is 1.70 bits per heavy atom. The van der Waals surface area contributed by atoms with Gasteiger partial charge in [-0.25, -0.2) is 0 Å². The molecule has 0 unspecified atom stereocenters. The van der Waals surface area contributed by atoms with E-state index in [9.17, 15) is 0 Å². The maximum atomic E-state index is 5.70. The topological polar surface area (TPSA) is 60.2 Å². The number of nitrogens with one attached hydrogen (secondary N) is 1. The molecule has 0 fully saturated rings. The first kappa shape index (κ1) is 15.2. The molecule has 118 valence electrons. The normalized spacial score (nSPS) is 12.0. The Morgan fingerprint density at radius 3 is 2.43 bits per heavy atom. The molecule has 0 aliphatic rings. The van der Waals surface area contributed by atoms with Crippen molar-refractivity contribution < 1.29 is 9.15 Å². The van der Waals surface area contributed by atoms with Crippen LogP contribution >= 0.6 is 0 Å². The van der Waals surface area contributed by atoms with E-state index in [0.717, 1.165) is 11.3 Å². The second-order valence-corrected chi connectivity index (χ2v) is 5.27. The van der Waals surface area contributed by atoms with Gasteiger partial charge in [0.15, 0.2) is 0 Å². The van der Waals surface area contributed by atoms with Gasteiger partial charge in [0.25, 0.3) is 0 Å². The monoisotopic (exact) mass is 309 g/mol. The number of aromatic nitrogens is 2. The Hall–Kier alpha value is -2.66. The van der Waals surface area contributed by atoms with E-state index in [1.54, 1.807) is 0 Å². The highest BCUT2D eigenvalue weighted by Crippen LogP contribution is 2.16. The largest absolute Gasteiger partial charge is 0.492 e. The molecule has 0 saturated heterocycles. The minimum Gasteiger partial charge on any atom is -0.492 e. The molecule has 0 radical (unpaired) electrons. The van der Waals surface area contributed by atoms with Gasteiger partial charge in [0.05, 0.1) is 6.54 Å². The van der Waals surface area contributed by atoms with E-state index in [4.69, 9.17) is 9.15 Å². The van der Waals surface area contributed by atoms with Gasteiger partial charge in [-0.1, -0.05) is 36.4 Å². The van der Waals surface area contributed by atoms with E-state index in [-0.39, 0.29) is 6.04 Å². The second kappa shape index (κ2) is 7.56. The van der Waals surface area contributed by atoms with Crippen LogP contribution in [0.2, 0.25) is 0 Å². The lowest BCUT2D eigenvalue weighted by molar-refractivity contribution is 0.268. The van der Waals surface area contributed by atoms with Crippen molar-refractivity contribution in [1.82, 2.24) is 15.5 Å². The van der Waals surface area contributed by atoms with Gasteiger partial charge in [0.1, 0.15) is 12.4 Å². The number of nitrogens with zero attached hydrogens (tertiary/aromatic N) is 2. The fourth-order valence-electron chi connectivity index (χ4n) is 2.08. The van der Waals surface area contributed by atoms with Gasteiger partial charge in [0.2, 0.25) is 11.8 Å². The minimum absolute atomic E-state index is 0.169. The molecule has 1 atom stereocenters. The van der Waals surface area contributed by atoms with Crippen LogP contribution in [0.25, 0.3) is 11.5 Å². The van der Waals surface area contributed by atoms with E-state index in [1.165, 1.54) is 0 Å². The summed E-state index contributed by atoms with van der Waals surface area (Å²) in [5.41, 5.74) is 0.923. The van der Waals surface area contributed by atoms with Gasteiger partial charge in [-0.3, -0.25) is 0 Å². The van der Waals surface area contributed by atoms with Crippen LogP contribution in [-0.4, -0.2) is 22.8 Å². The van der Waals surface area contributed by atoms with Gasteiger partial charge in [-0.15, -0.1) is 10.2 Å². The van der Waals surface area contributed by atoms with E-state index in [1.807, 2.05) is 60.7 Å². The van der Waals surface area contributed by atoms with E-state index < -0.39 is 0 Å². The van der Waals surface area contributed by atoms with Gasteiger partial charge < -0.3 is 14.5 Å². The number of hydrogen-bond acceptors (Lipinski definition) is 5. The predicted octanol–water partition coefficient (Wildman–Crippen LogP) is 3.29. The molecule has 1 aromatic heterocycles. The third-order valence-corrected chi connectivity index (χ3v) is 3.33. The molecule has 0 saturated carbocycles. The smallest absolute Gasteiger partial charge is 0.247 e. The Morgan fingerprint density at radius 1 is 1.00 bits per heavy atom. The second-order valence-electron chi connectivity index (χ2n) is 5.27. The average Bonchev–Trinajstić information content (AvgIpc) is 3.09. The molecule has 0 aliphatic carbocycles. The van der Waals surface area contributed by atoms with Crippen molar-refractivity contribution in [3.8, 4) is 17.2 Å². The highest BCUT2D eigenvalue weighted by atomic mass is 16.5. The summed E-state index contributed by atoms with van der Waals surface area (Å²) in [5.74, 6) is 1.97. The number of hydrogen-bond donors (Lipinski definition) is 1. The van der Waals surface area contributed by atoms with Crippen LogP contribution in [0.1, 0.15) is 12.8 Å². The fraction of sp³-hybridized carbons (Fsp3) is 0.222. The summed E-state index contributed by atoms with van der Waals surface area (Å²) in [5, 5.41) is 11.4. The average molecular weight is 309 g/mol. The molecule has 3 rings (SSSR count). The van der Waals surface area contributed by atoms with Gasteiger partial charge >= 0.3 is 0 Å². The molecule has 0 amide bonds. The first-order valence-corrected chi connectivity index (χ1v) is 7.60. The van der Waals surface area contributed by atoms with Crippen molar-refractivity contribution in [2.45, 2.75) is 19.5 Å². The van der Waals surface area contributed by atoms with Crippen molar-refractivity contribution in [3.05, 3.63) is 66.6 Å². The summed E-state index contributed by atoms with van der Waals surface area (Å²) in [6.45, 7) is 3.14. The number of ether oxygens (including phenoxy) is 1. The van der Waals surface area contributed by atoms with Crippen molar-refractivity contribution in [2.75, 3.05) is 6.61 Å². The summed E-state index contributed by atoms with van der Waals surface area (Å²) in [7, 11) is 0. The number of para-hydroxylation sites is 1. The zero-order chi connectivity index (χ0) is 15.9. The molecule has 0 bridgehead atoms. The van der Waals surface area contributed by atoms with Crippen LogP contribution in [0, 0.1) is 0 Å². The first-order valence-electron chi connectivity index (χ1n) is 7.60. The van der Waals surface area contributed by atoms with Crippen LogP contribution in [0.5, 0.6) is 5.75 Å². The minimum atomic E-state index is 0.169. The molecular formula is C18H19N3O2. The molecule has 23 heavy (non-hydrogen) atoms. The molecule has 1 N–H and O–H groups in total. The highest BCUT2D eigenvalue weighted by molar-refractivity contribution is 5.51. The lowest BCUT2D eigenvalue weighted by Crippen LogP contribution is -2.31. The van der Waals surface area contributed by atoms with Crippen molar-refractivity contribution >= 4 is 0 Å². The molecule has 0 spiro atoms. The lowest BCUT2D eigenvalue weighted by atomic mass is 10.2. The quantitative estimate of drug-likeness (QED) is 0.725. The number of benzene rings is 2. The SMILES string of the molecule is C[C@H](COc1ccccc1)NCc1nnc(-c2ccccc2)o1. The van der Waals surface area contributed by atoms with E-state index >= 15 is 0 Å².